The smallest absolute Gasteiger partial charge is 0.409 e. The number of nitrogens with one attached hydrogen (secondary N) is 1. The van der Waals surface area contributed by atoms with Crippen LogP contribution in [0.25, 0.3) is 0 Å². The SMILES string of the molecule is CCOC(=O)N1CCN(C(=O)c2cc(C)nc(Nc3ccccc3C)n2)CC1. The van der Waals surface area contributed by atoms with Crippen molar-refractivity contribution in [3.63, 3.8) is 0 Å². The maximum Gasteiger partial charge on any atom is 0.409 e. The van der Waals surface area contributed by atoms with Gasteiger partial charge in [0.15, 0.2) is 0 Å². The van der Waals surface area contributed by atoms with E-state index in [1.807, 2.05) is 38.1 Å². The Morgan fingerprint density at radius 1 is 1.07 bits per heavy atom. The molecule has 148 valence electrons. The third-order valence-corrected chi connectivity index (χ3v) is 4.56. The fraction of sp³-hybridized carbons (Fsp3) is 0.400. The highest BCUT2D eigenvalue weighted by atomic mass is 16.6. The standard InChI is InChI=1S/C20H25N5O3/c1-4-28-20(27)25-11-9-24(10-12-25)18(26)17-13-15(3)21-19(23-17)22-16-8-6-5-7-14(16)2/h5-8,13H,4,9-12H2,1-3H3,(H,21,22,23). The summed E-state index contributed by atoms with van der Waals surface area (Å²) in [6.45, 7) is 7.73. The van der Waals surface area contributed by atoms with Crippen LogP contribution in [0.4, 0.5) is 16.4 Å². The first-order valence-corrected chi connectivity index (χ1v) is 9.37. The third-order valence-electron chi connectivity index (χ3n) is 4.56. The molecule has 1 N–H and O–H groups in total. The molecule has 0 spiro atoms. The van der Waals surface area contributed by atoms with Crippen LogP contribution in [0.15, 0.2) is 30.3 Å². The van der Waals surface area contributed by atoms with E-state index >= 15 is 0 Å². The molecule has 2 heterocycles. The van der Waals surface area contributed by atoms with Crippen molar-refractivity contribution in [3.05, 3.63) is 47.3 Å². The van der Waals surface area contributed by atoms with E-state index in [4.69, 9.17) is 4.74 Å². The van der Waals surface area contributed by atoms with Crippen molar-refractivity contribution in [2.75, 3.05) is 38.1 Å². The van der Waals surface area contributed by atoms with Gasteiger partial charge in [-0.25, -0.2) is 14.8 Å². The van der Waals surface area contributed by atoms with Gasteiger partial charge in [-0.15, -0.1) is 0 Å². The zero-order valence-electron chi connectivity index (χ0n) is 16.4. The second kappa shape index (κ2) is 8.69. The molecule has 8 heteroatoms. The van der Waals surface area contributed by atoms with E-state index in [0.29, 0.717) is 50.1 Å². The zero-order valence-corrected chi connectivity index (χ0v) is 16.4. The molecule has 0 aliphatic carbocycles. The Morgan fingerprint density at radius 2 is 1.75 bits per heavy atom. The monoisotopic (exact) mass is 383 g/mol. The van der Waals surface area contributed by atoms with Crippen LogP contribution in [0, 0.1) is 13.8 Å². The summed E-state index contributed by atoms with van der Waals surface area (Å²) < 4.78 is 5.01. The lowest BCUT2D eigenvalue weighted by Gasteiger charge is -2.33. The molecule has 0 unspecified atom stereocenters. The highest BCUT2D eigenvalue weighted by Gasteiger charge is 2.26. The number of aryl methyl sites for hydroxylation is 2. The van der Waals surface area contributed by atoms with E-state index in [0.717, 1.165) is 11.3 Å². The Kier molecular flexibility index (Phi) is 6.08. The van der Waals surface area contributed by atoms with Gasteiger partial charge in [-0.05, 0) is 38.5 Å². The quantitative estimate of drug-likeness (QED) is 0.873. The number of carbonyl (C=O) groups is 2. The first-order chi connectivity index (χ1) is 13.5. The summed E-state index contributed by atoms with van der Waals surface area (Å²) in [6.07, 6.45) is -0.336. The van der Waals surface area contributed by atoms with Crippen molar-refractivity contribution < 1.29 is 14.3 Å². The molecular formula is C20H25N5O3. The van der Waals surface area contributed by atoms with Gasteiger partial charge >= 0.3 is 6.09 Å². The van der Waals surface area contributed by atoms with Crippen molar-refractivity contribution in [2.24, 2.45) is 0 Å². The lowest BCUT2D eigenvalue weighted by atomic mass is 10.2. The molecule has 0 radical (unpaired) electrons. The molecule has 1 fully saturated rings. The van der Waals surface area contributed by atoms with Crippen LogP contribution < -0.4 is 5.32 Å². The number of rotatable bonds is 4. The van der Waals surface area contributed by atoms with E-state index in [9.17, 15) is 9.59 Å². The van der Waals surface area contributed by atoms with Crippen LogP contribution in [0.3, 0.4) is 0 Å². The summed E-state index contributed by atoms with van der Waals surface area (Å²) >= 11 is 0. The summed E-state index contributed by atoms with van der Waals surface area (Å²) in [5.74, 6) is 0.227. The molecule has 8 nitrogen and oxygen atoms in total. The summed E-state index contributed by atoms with van der Waals surface area (Å²) in [6, 6.07) is 9.51. The van der Waals surface area contributed by atoms with Crippen LogP contribution in [0.1, 0.15) is 28.7 Å². The number of aromatic nitrogens is 2. The Bertz CT molecular complexity index is 863. The molecule has 1 aromatic carbocycles. The Balaban J connectivity index is 1.70. The topological polar surface area (TPSA) is 87.7 Å². The van der Waals surface area contributed by atoms with E-state index < -0.39 is 0 Å². The number of para-hydroxylation sites is 1. The van der Waals surface area contributed by atoms with Crippen LogP contribution in [-0.2, 0) is 4.74 Å². The molecule has 3 rings (SSSR count). The first kappa shape index (κ1) is 19.6. The molecule has 1 aromatic heterocycles. The number of carbonyl (C=O) groups excluding carboxylic acids is 2. The maximum atomic E-state index is 12.9. The molecule has 2 aromatic rings. The van der Waals surface area contributed by atoms with Gasteiger partial charge in [-0.1, -0.05) is 18.2 Å². The molecule has 0 atom stereocenters. The lowest BCUT2D eigenvalue weighted by Crippen LogP contribution is -2.50. The van der Waals surface area contributed by atoms with E-state index in [1.165, 1.54) is 0 Å². The fourth-order valence-corrected chi connectivity index (χ4v) is 3.04. The van der Waals surface area contributed by atoms with Gasteiger partial charge in [-0.2, -0.15) is 0 Å². The van der Waals surface area contributed by atoms with Crippen molar-refractivity contribution in [1.29, 1.82) is 0 Å². The molecule has 28 heavy (non-hydrogen) atoms. The van der Waals surface area contributed by atoms with Crippen LogP contribution >= 0.6 is 0 Å². The Labute approximate surface area is 164 Å². The number of hydrogen-bond donors (Lipinski definition) is 1. The molecule has 1 aliphatic rings. The van der Waals surface area contributed by atoms with E-state index in [1.54, 1.807) is 22.8 Å². The van der Waals surface area contributed by atoms with Gasteiger partial charge in [0.25, 0.3) is 5.91 Å². The van der Waals surface area contributed by atoms with Crippen molar-refractivity contribution in [2.45, 2.75) is 20.8 Å². The summed E-state index contributed by atoms with van der Waals surface area (Å²) in [5.41, 5.74) is 3.01. The normalized spacial score (nSPS) is 14.0. The summed E-state index contributed by atoms with van der Waals surface area (Å²) in [7, 11) is 0. The Morgan fingerprint density at radius 3 is 2.43 bits per heavy atom. The number of piperazine rings is 1. The molecule has 1 aliphatic heterocycles. The number of amides is 2. The Hall–Kier alpha value is -3.16. The third kappa shape index (κ3) is 4.57. The maximum absolute atomic E-state index is 12.9. The number of ether oxygens (including phenoxy) is 1. The number of anilines is 2. The van der Waals surface area contributed by atoms with Gasteiger partial charge in [-0.3, -0.25) is 4.79 Å². The largest absolute Gasteiger partial charge is 0.450 e. The minimum absolute atomic E-state index is 0.165. The van der Waals surface area contributed by atoms with E-state index in [2.05, 4.69) is 15.3 Å². The fourth-order valence-electron chi connectivity index (χ4n) is 3.04. The second-order valence-corrected chi connectivity index (χ2v) is 6.64. The van der Waals surface area contributed by atoms with Gasteiger partial charge in [0, 0.05) is 37.6 Å². The number of nitrogens with zero attached hydrogens (tertiary/aromatic N) is 4. The average molecular weight is 383 g/mol. The highest BCUT2D eigenvalue weighted by molar-refractivity contribution is 5.93. The number of hydrogen-bond acceptors (Lipinski definition) is 6. The minimum atomic E-state index is -0.336. The van der Waals surface area contributed by atoms with Crippen molar-refractivity contribution in [1.82, 2.24) is 19.8 Å². The van der Waals surface area contributed by atoms with Crippen molar-refractivity contribution >= 4 is 23.6 Å². The van der Waals surface area contributed by atoms with Gasteiger partial charge in [0.05, 0.1) is 6.61 Å². The summed E-state index contributed by atoms with van der Waals surface area (Å²) in [5, 5.41) is 3.18. The second-order valence-electron chi connectivity index (χ2n) is 6.64. The average Bonchev–Trinajstić information content (AvgIpc) is 2.69. The van der Waals surface area contributed by atoms with Gasteiger partial charge < -0.3 is 19.9 Å². The van der Waals surface area contributed by atoms with Gasteiger partial charge in [0.1, 0.15) is 5.69 Å². The van der Waals surface area contributed by atoms with Crippen molar-refractivity contribution in [3.8, 4) is 0 Å². The van der Waals surface area contributed by atoms with E-state index in [-0.39, 0.29) is 12.0 Å². The predicted octanol–water partition coefficient (Wildman–Crippen LogP) is 2.75. The zero-order chi connectivity index (χ0) is 20.1. The number of benzene rings is 1. The minimum Gasteiger partial charge on any atom is -0.450 e. The van der Waals surface area contributed by atoms with Crippen LogP contribution in [0.5, 0.6) is 0 Å². The molecule has 1 saturated heterocycles. The highest BCUT2D eigenvalue weighted by Crippen LogP contribution is 2.18. The molecular weight excluding hydrogens is 358 g/mol. The van der Waals surface area contributed by atoms with Gasteiger partial charge in [0.2, 0.25) is 5.95 Å². The molecule has 0 bridgehead atoms. The lowest BCUT2D eigenvalue weighted by molar-refractivity contribution is 0.0566. The van der Waals surface area contributed by atoms with Crippen LogP contribution in [-0.4, -0.2) is 64.6 Å². The molecule has 0 saturated carbocycles. The predicted molar refractivity (Wildman–Crippen MR) is 106 cm³/mol. The first-order valence-electron chi connectivity index (χ1n) is 9.37. The molecule has 2 amide bonds. The summed E-state index contributed by atoms with van der Waals surface area (Å²) in [4.78, 5) is 36.8. The van der Waals surface area contributed by atoms with Crippen LogP contribution in [0.2, 0.25) is 0 Å².